The van der Waals surface area contributed by atoms with Crippen LogP contribution in [0.4, 0.5) is 5.69 Å². The lowest BCUT2D eigenvalue weighted by atomic mass is 10.1. The van der Waals surface area contributed by atoms with Crippen LogP contribution in [0.15, 0.2) is 36.4 Å². The molecular weight excluding hydrogens is 309 g/mol. The van der Waals surface area contributed by atoms with E-state index in [4.69, 9.17) is 27.9 Å². The van der Waals surface area contributed by atoms with Gasteiger partial charge >= 0.3 is 0 Å². The highest BCUT2D eigenvalue weighted by Crippen LogP contribution is 2.26. The zero-order valence-corrected chi connectivity index (χ0v) is 13.3. The first-order valence-electron chi connectivity index (χ1n) is 6.40. The lowest BCUT2D eigenvalue weighted by molar-refractivity contribution is -0.118. The van der Waals surface area contributed by atoms with Gasteiger partial charge in [0.15, 0.2) is 6.61 Å². The lowest BCUT2D eigenvalue weighted by Gasteiger charge is -2.10. The molecule has 3 nitrogen and oxygen atoms in total. The monoisotopic (exact) mass is 323 g/mol. The Balaban J connectivity index is 1.94. The second-order valence-corrected chi connectivity index (χ2v) is 5.55. The molecular formula is C16H15Cl2NO2. The standard InChI is InChI=1S/C16H15Cl2NO2/c1-10-3-6-15(11(2)7-10)19-16(20)9-21-12-4-5-13(17)14(18)8-12/h3-8H,9H2,1-2H3,(H,19,20). The van der Waals surface area contributed by atoms with Gasteiger partial charge in [-0.25, -0.2) is 0 Å². The van der Waals surface area contributed by atoms with Crippen LogP contribution in [0.2, 0.25) is 10.0 Å². The van der Waals surface area contributed by atoms with E-state index < -0.39 is 0 Å². The van der Waals surface area contributed by atoms with Crippen molar-refractivity contribution in [1.82, 2.24) is 0 Å². The second kappa shape index (κ2) is 6.83. The van der Waals surface area contributed by atoms with Crippen LogP contribution in [0, 0.1) is 13.8 Å². The fourth-order valence-corrected chi connectivity index (χ4v) is 2.14. The topological polar surface area (TPSA) is 38.3 Å². The van der Waals surface area contributed by atoms with E-state index in [1.165, 1.54) is 0 Å². The van der Waals surface area contributed by atoms with Gasteiger partial charge in [-0.1, -0.05) is 40.9 Å². The van der Waals surface area contributed by atoms with E-state index in [-0.39, 0.29) is 12.5 Å². The third kappa shape index (κ3) is 4.38. The fourth-order valence-electron chi connectivity index (χ4n) is 1.86. The first kappa shape index (κ1) is 15.7. The summed E-state index contributed by atoms with van der Waals surface area (Å²) in [7, 11) is 0. The number of hydrogen-bond acceptors (Lipinski definition) is 2. The Hall–Kier alpha value is -1.71. The summed E-state index contributed by atoms with van der Waals surface area (Å²) in [5.41, 5.74) is 2.94. The Kier molecular flexibility index (Phi) is 5.10. The molecule has 2 rings (SSSR count). The van der Waals surface area contributed by atoms with E-state index in [0.717, 1.165) is 16.8 Å². The number of anilines is 1. The van der Waals surface area contributed by atoms with E-state index >= 15 is 0 Å². The minimum absolute atomic E-state index is 0.0920. The van der Waals surface area contributed by atoms with E-state index in [0.29, 0.717) is 15.8 Å². The summed E-state index contributed by atoms with van der Waals surface area (Å²) in [6.45, 7) is 3.86. The number of rotatable bonds is 4. The maximum atomic E-state index is 11.9. The fraction of sp³-hybridized carbons (Fsp3) is 0.188. The number of halogens is 2. The van der Waals surface area contributed by atoms with E-state index in [1.54, 1.807) is 18.2 Å². The summed E-state index contributed by atoms with van der Waals surface area (Å²) in [5.74, 6) is 0.271. The molecule has 0 aliphatic carbocycles. The number of carbonyl (C=O) groups is 1. The number of amides is 1. The first-order chi connectivity index (χ1) is 9.95. The molecule has 0 aliphatic rings. The predicted octanol–water partition coefficient (Wildman–Crippen LogP) is 4.63. The van der Waals surface area contributed by atoms with Crippen LogP contribution < -0.4 is 10.1 Å². The summed E-state index contributed by atoms with van der Waals surface area (Å²) < 4.78 is 5.38. The number of hydrogen-bond donors (Lipinski definition) is 1. The minimum Gasteiger partial charge on any atom is -0.484 e. The van der Waals surface area contributed by atoms with Crippen molar-refractivity contribution in [1.29, 1.82) is 0 Å². The Morgan fingerprint density at radius 3 is 2.52 bits per heavy atom. The zero-order valence-electron chi connectivity index (χ0n) is 11.7. The third-order valence-electron chi connectivity index (χ3n) is 2.92. The summed E-state index contributed by atoms with van der Waals surface area (Å²) in [5, 5.41) is 3.65. The van der Waals surface area contributed by atoms with Gasteiger partial charge in [0.1, 0.15) is 5.75 Å². The second-order valence-electron chi connectivity index (χ2n) is 4.73. The molecule has 0 fully saturated rings. The highest BCUT2D eigenvalue weighted by atomic mass is 35.5. The quantitative estimate of drug-likeness (QED) is 0.890. The van der Waals surface area contributed by atoms with Crippen molar-refractivity contribution in [3.63, 3.8) is 0 Å². The molecule has 2 aromatic carbocycles. The smallest absolute Gasteiger partial charge is 0.262 e. The van der Waals surface area contributed by atoms with Gasteiger partial charge in [-0.3, -0.25) is 4.79 Å². The number of carbonyl (C=O) groups excluding carboxylic acids is 1. The molecule has 0 aliphatic heterocycles. The molecule has 5 heteroatoms. The summed E-state index contributed by atoms with van der Waals surface area (Å²) >= 11 is 11.7. The molecule has 21 heavy (non-hydrogen) atoms. The van der Waals surface area contributed by atoms with Gasteiger partial charge in [-0.05, 0) is 37.6 Å². The van der Waals surface area contributed by atoms with Crippen molar-refractivity contribution >= 4 is 34.8 Å². The van der Waals surface area contributed by atoms with Gasteiger partial charge in [-0.15, -0.1) is 0 Å². The van der Waals surface area contributed by atoms with Crippen LogP contribution in [0.1, 0.15) is 11.1 Å². The van der Waals surface area contributed by atoms with Crippen LogP contribution in [-0.2, 0) is 4.79 Å². The molecule has 110 valence electrons. The number of aryl methyl sites for hydroxylation is 2. The highest BCUT2D eigenvalue weighted by Gasteiger charge is 2.07. The van der Waals surface area contributed by atoms with Crippen molar-refractivity contribution in [3.05, 3.63) is 57.6 Å². The summed E-state index contributed by atoms with van der Waals surface area (Å²) in [6.07, 6.45) is 0. The molecule has 0 saturated carbocycles. The molecule has 1 N–H and O–H groups in total. The molecule has 0 aromatic heterocycles. The van der Waals surface area contributed by atoms with Crippen LogP contribution >= 0.6 is 23.2 Å². The maximum absolute atomic E-state index is 11.9. The molecule has 0 heterocycles. The third-order valence-corrected chi connectivity index (χ3v) is 3.66. The SMILES string of the molecule is Cc1ccc(NC(=O)COc2ccc(Cl)c(Cl)c2)c(C)c1. The van der Waals surface area contributed by atoms with Crippen molar-refractivity contribution in [2.24, 2.45) is 0 Å². The maximum Gasteiger partial charge on any atom is 0.262 e. The lowest BCUT2D eigenvalue weighted by Crippen LogP contribution is -2.20. The van der Waals surface area contributed by atoms with Crippen molar-refractivity contribution in [2.75, 3.05) is 11.9 Å². The predicted molar refractivity (Wildman–Crippen MR) is 86.5 cm³/mol. The normalized spacial score (nSPS) is 10.3. The molecule has 0 atom stereocenters. The van der Waals surface area contributed by atoms with E-state index in [2.05, 4.69) is 5.32 Å². The van der Waals surface area contributed by atoms with Gasteiger partial charge < -0.3 is 10.1 Å². The van der Waals surface area contributed by atoms with Gasteiger partial charge in [0.2, 0.25) is 0 Å². The summed E-state index contributed by atoms with van der Waals surface area (Å²) in [4.78, 5) is 11.9. The zero-order chi connectivity index (χ0) is 15.4. The molecule has 0 spiro atoms. The van der Waals surface area contributed by atoms with Crippen LogP contribution in [0.3, 0.4) is 0 Å². The van der Waals surface area contributed by atoms with Gasteiger partial charge in [0.05, 0.1) is 10.0 Å². The Bertz CT molecular complexity index is 671. The molecule has 0 unspecified atom stereocenters. The van der Waals surface area contributed by atoms with Gasteiger partial charge in [0, 0.05) is 11.8 Å². The minimum atomic E-state index is -0.229. The average Bonchev–Trinajstić information content (AvgIpc) is 2.43. The molecule has 0 radical (unpaired) electrons. The number of nitrogens with one attached hydrogen (secondary N) is 1. The molecule has 2 aromatic rings. The number of benzene rings is 2. The van der Waals surface area contributed by atoms with Crippen LogP contribution in [-0.4, -0.2) is 12.5 Å². The molecule has 0 saturated heterocycles. The largest absolute Gasteiger partial charge is 0.484 e. The Morgan fingerprint density at radius 2 is 1.86 bits per heavy atom. The molecule has 1 amide bonds. The van der Waals surface area contributed by atoms with E-state index in [9.17, 15) is 4.79 Å². The van der Waals surface area contributed by atoms with Crippen molar-refractivity contribution < 1.29 is 9.53 Å². The molecule has 0 bridgehead atoms. The summed E-state index contributed by atoms with van der Waals surface area (Å²) in [6, 6.07) is 10.7. The van der Waals surface area contributed by atoms with Crippen molar-refractivity contribution in [2.45, 2.75) is 13.8 Å². The first-order valence-corrected chi connectivity index (χ1v) is 7.16. The Morgan fingerprint density at radius 1 is 1.10 bits per heavy atom. The Labute approximate surface area is 133 Å². The number of ether oxygens (including phenoxy) is 1. The van der Waals surface area contributed by atoms with Crippen LogP contribution in [0.5, 0.6) is 5.75 Å². The van der Waals surface area contributed by atoms with Crippen molar-refractivity contribution in [3.8, 4) is 5.75 Å². The average molecular weight is 324 g/mol. The highest BCUT2D eigenvalue weighted by molar-refractivity contribution is 6.42. The van der Waals surface area contributed by atoms with Crippen LogP contribution in [0.25, 0.3) is 0 Å². The van der Waals surface area contributed by atoms with Gasteiger partial charge in [0.25, 0.3) is 5.91 Å². The van der Waals surface area contributed by atoms with E-state index in [1.807, 2.05) is 32.0 Å². The van der Waals surface area contributed by atoms with Gasteiger partial charge in [-0.2, -0.15) is 0 Å².